The van der Waals surface area contributed by atoms with Gasteiger partial charge in [-0.2, -0.15) is 0 Å². The molecule has 0 amide bonds. The van der Waals surface area contributed by atoms with E-state index in [1.54, 1.807) is 24.3 Å². The third-order valence-electron chi connectivity index (χ3n) is 5.99. The normalized spacial score (nSPS) is 13.9. The van der Waals surface area contributed by atoms with Gasteiger partial charge in [0.15, 0.2) is 0 Å². The Hall–Kier alpha value is -4.23. The zero-order valence-corrected chi connectivity index (χ0v) is 19.1. The molecule has 0 radical (unpaired) electrons. The molecule has 0 saturated carbocycles. The van der Waals surface area contributed by atoms with Gasteiger partial charge in [-0.25, -0.2) is 14.2 Å². The summed E-state index contributed by atoms with van der Waals surface area (Å²) in [5, 5.41) is 9.55. The number of rotatable bonds is 6. The van der Waals surface area contributed by atoms with E-state index in [0.29, 0.717) is 42.8 Å². The molecule has 0 spiro atoms. The van der Waals surface area contributed by atoms with Crippen molar-refractivity contribution in [3.05, 3.63) is 70.1 Å². The molecule has 3 aromatic rings. The standard InChI is InChI=1S/C25H24FN5O4/c1-28-20-8-5-16(13-19(20)26)23-22(15-3-6-18(35-2)7-4-15)24(34)31(14-21(32)33)25(29-23)30-11-9-17(27)10-12-30/h3-8,13,17H,9-12,14,27H2,2H3,(H,32,33). The van der Waals surface area contributed by atoms with Gasteiger partial charge in [0.05, 0.1) is 24.9 Å². The van der Waals surface area contributed by atoms with Crippen LogP contribution in [0.3, 0.4) is 0 Å². The minimum absolute atomic E-state index is 0.0131. The number of carbonyl (C=O) groups is 1. The van der Waals surface area contributed by atoms with E-state index in [0.717, 1.165) is 4.57 Å². The number of benzene rings is 2. The van der Waals surface area contributed by atoms with Gasteiger partial charge < -0.3 is 20.5 Å². The number of hydrogen-bond acceptors (Lipinski definition) is 6. The predicted molar refractivity (Wildman–Crippen MR) is 129 cm³/mol. The van der Waals surface area contributed by atoms with Crippen LogP contribution in [0, 0.1) is 12.4 Å². The summed E-state index contributed by atoms with van der Waals surface area (Å²) >= 11 is 0. The zero-order valence-electron chi connectivity index (χ0n) is 19.1. The summed E-state index contributed by atoms with van der Waals surface area (Å²) in [5.74, 6) is -1.17. The minimum atomic E-state index is -1.19. The number of aliphatic carboxylic acids is 1. The summed E-state index contributed by atoms with van der Waals surface area (Å²) in [7, 11) is 1.52. The first kappa shape index (κ1) is 23.9. The summed E-state index contributed by atoms with van der Waals surface area (Å²) in [6.07, 6.45) is 1.32. The van der Waals surface area contributed by atoms with Gasteiger partial charge in [0.25, 0.3) is 5.56 Å². The van der Waals surface area contributed by atoms with E-state index in [4.69, 9.17) is 22.0 Å². The lowest BCUT2D eigenvalue weighted by Gasteiger charge is -2.32. The first-order valence-corrected chi connectivity index (χ1v) is 11.0. The van der Waals surface area contributed by atoms with Gasteiger partial charge in [-0.15, -0.1) is 0 Å². The van der Waals surface area contributed by atoms with Crippen molar-refractivity contribution >= 4 is 17.6 Å². The Labute approximate surface area is 201 Å². The number of methoxy groups -OCH3 is 1. The molecule has 0 bridgehead atoms. The van der Waals surface area contributed by atoms with Crippen molar-refractivity contribution in [2.75, 3.05) is 25.1 Å². The number of anilines is 1. The number of aromatic nitrogens is 2. The number of carboxylic acids is 1. The highest BCUT2D eigenvalue weighted by Crippen LogP contribution is 2.33. The summed E-state index contributed by atoms with van der Waals surface area (Å²) in [5.41, 5.74) is 6.41. The van der Waals surface area contributed by atoms with Crippen molar-refractivity contribution in [1.29, 1.82) is 0 Å². The van der Waals surface area contributed by atoms with Crippen LogP contribution < -0.4 is 20.9 Å². The molecule has 1 saturated heterocycles. The second-order valence-electron chi connectivity index (χ2n) is 8.25. The number of nitrogens with two attached hydrogens (primary N) is 1. The van der Waals surface area contributed by atoms with Gasteiger partial charge in [-0.05, 0) is 36.6 Å². The average Bonchev–Trinajstić information content (AvgIpc) is 2.85. The fraction of sp³-hybridized carbons (Fsp3) is 0.280. The highest BCUT2D eigenvalue weighted by molar-refractivity contribution is 5.82. The van der Waals surface area contributed by atoms with Crippen LogP contribution in [0.5, 0.6) is 5.75 Å². The lowest BCUT2D eigenvalue weighted by atomic mass is 9.99. The van der Waals surface area contributed by atoms with Gasteiger partial charge in [0.1, 0.15) is 18.1 Å². The van der Waals surface area contributed by atoms with Gasteiger partial charge in [-0.3, -0.25) is 14.2 Å². The fourth-order valence-corrected chi connectivity index (χ4v) is 4.13. The molecular formula is C25H24FN5O4. The predicted octanol–water partition coefficient (Wildman–Crippen LogP) is 3.29. The van der Waals surface area contributed by atoms with Crippen LogP contribution in [-0.2, 0) is 11.3 Å². The molecule has 2 heterocycles. The molecule has 35 heavy (non-hydrogen) atoms. The molecule has 0 aliphatic carbocycles. The van der Waals surface area contributed by atoms with Crippen molar-refractivity contribution in [1.82, 2.24) is 9.55 Å². The lowest BCUT2D eigenvalue weighted by Crippen LogP contribution is -2.43. The molecule has 9 nitrogen and oxygen atoms in total. The lowest BCUT2D eigenvalue weighted by molar-refractivity contribution is -0.137. The monoisotopic (exact) mass is 477 g/mol. The number of halogens is 1. The van der Waals surface area contributed by atoms with Gasteiger partial charge in [0, 0.05) is 24.7 Å². The smallest absolute Gasteiger partial charge is 0.323 e. The fourth-order valence-electron chi connectivity index (χ4n) is 4.13. The van der Waals surface area contributed by atoms with Crippen LogP contribution >= 0.6 is 0 Å². The van der Waals surface area contributed by atoms with E-state index >= 15 is 0 Å². The minimum Gasteiger partial charge on any atom is -0.497 e. The van der Waals surface area contributed by atoms with Crippen LogP contribution in [0.1, 0.15) is 12.8 Å². The highest BCUT2D eigenvalue weighted by atomic mass is 19.1. The molecule has 10 heteroatoms. The van der Waals surface area contributed by atoms with E-state index in [1.165, 1.54) is 25.3 Å². The first-order valence-electron chi connectivity index (χ1n) is 11.0. The van der Waals surface area contributed by atoms with Crippen molar-refractivity contribution in [2.24, 2.45) is 5.73 Å². The number of piperidine rings is 1. The third-order valence-corrected chi connectivity index (χ3v) is 5.99. The topological polar surface area (TPSA) is 115 Å². The van der Waals surface area contributed by atoms with Crippen LogP contribution in [-0.4, -0.2) is 46.9 Å². The van der Waals surface area contributed by atoms with E-state index in [2.05, 4.69) is 4.85 Å². The Kier molecular flexibility index (Phi) is 6.80. The molecule has 2 aromatic carbocycles. The SMILES string of the molecule is [C-]#[N+]c1ccc(-c2nc(N3CCC(N)CC3)n(CC(=O)O)c(=O)c2-c2ccc(OC)cc2)cc1F. The van der Waals surface area contributed by atoms with Crippen LogP contribution in [0.2, 0.25) is 0 Å². The molecule has 0 atom stereocenters. The van der Waals surface area contributed by atoms with E-state index in [9.17, 15) is 19.1 Å². The number of ether oxygens (including phenoxy) is 1. The first-order chi connectivity index (χ1) is 16.8. The third kappa shape index (κ3) is 4.85. The average molecular weight is 477 g/mol. The highest BCUT2D eigenvalue weighted by Gasteiger charge is 2.26. The molecule has 1 aromatic heterocycles. The van der Waals surface area contributed by atoms with Crippen LogP contribution in [0.25, 0.3) is 27.2 Å². The molecular weight excluding hydrogens is 453 g/mol. The Morgan fingerprint density at radius 1 is 1.23 bits per heavy atom. The number of hydrogen-bond donors (Lipinski definition) is 2. The maximum absolute atomic E-state index is 14.6. The summed E-state index contributed by atoms with van der Waals surface area (Å²) < 4.78 is 20.9. The molecule has 0 unspecified atom stereocenters. The van der Waals surface area contributed by atoms with Crippen molar-refractivity contribution < 1.29 is 19.0 Å². The summed E-state index contributed by atoms with van der Waals surface area (Å²) in [4.78, 5) is 35.2. The molecule has 180 valence electrons. The number of nitrogens with zero attached hydrogens (tertiary/aromatic N) is 4. The van der Waals surface area contributed by atoms with Gasteiger partial charge in [-0.1, -0.05) is 24.3 Å². The zero-order chi connectivity index (χ0) is 25.1. The van der Waals surface area contributed by atoms with Gasteiger partial charge in [0.2, 0.25) is 11.6 Å². The quantitative estimate of drug-likeness (QED) is 0.524. The van der Waals surface area contributed by atoms with E-state index < -0.39 is 23.9 Å². The molecule has 1 aliphatic rings. The Morgan fingerprint density at radius 2 is 1.89 bits per heavy atom. The van der Waals surface area contributed by atoms with E-state index in [-0.39, 0.29) is 28.9 Å². The van der Waals surface area contributed by atoms with Crippen molar-refractivity contribution in [2.45, 2.75) is 25.4 Å². The Balaban J connectivity index is 2.00. The number of carboxylic acid groups (broad SMARTS) is 1. The van der Waals surface area contributed by atoms with Crippen molar-refractivity contribution in [3.63, 3.8) is 0 Å². The Bertz CT molecular complexity index is 1360. The molecule has 1 aliphatic heterocycles. The molecule has 3 N–H and O–H groups in total. The Morgan fingerprint density at radius 3 is 2.46 bits per heavy atom. The van der Waals surface area contributed by atoms with Gasteiger partial charge >= 0.3 is 5.97 Å². The summed E-state index contributed by atoms with van der Waals surface area (Å²) in [6.45, 7) is 7.53. The van der Waals surface area contributed by atoms with Crippen LogP contribution in [0.15, 0.2) is 47.3 Å². The van der Waals surface area contributed by atoms with Crippen LogP contribution in [0.4, 0.5) is 16.0 Å². The van der Waals surface area contributed by atoms with Crippen molar-refractivity contribution in [3.8, 4) is 28.1 Å². The maximum atomic E-state index is 14.6. The second kappa shape index (κ2) is 9.95. The second-order valence-corrected chi connectivity index (χ2v) is 8.25. The summed E-state index contributed by atoms with van der Waals surface area (Å²) in [6, 6.07) is 10.7. The molecule has 1 fully saturated rings. The van der Waals surface area contributed by atoms with E-state index in [1.807, 2.05) is 4.90 Å². The largest absolute Gasteiger partial charge is 0.497 e. The maximum Gasteiger partial charge on any atom is 0.323 e. The molecule has 4 rings (SSSR count).